The minimum Gasteiger partial charge on any atom is -0.497 e. The van der Waals surface area contributed by atoms with Crippen LogP contribution in [0, 0.1) is 6.92 Å². The SMILES string of the molecule is COc1ccc(N2CCN(C(c3cc4cccc(C)c4[nH]c3=O)c3nnnn3C3CCCC3)CC2)cc1. The third-order valence-electron chi connectivity index (χ3n) is 7.96. The number of anilines is 1. The molecule has 2 aromatic carbocycles. The molecule has 1 saturated heterocycles. The maximum atomic E-state index is 13.6. The van der Waals surface area contributed by atoms with Crippen LogP contribution in [0.2, 0.25) is 0 Å². The van der Waals surface area contributed by atoms with Gasteiger partial charge >= 0.3 is 0 Å². The summed E-state index contributed by atoms with van der Waals surface area (Å²) in [6.07, 6.45) is 4.52. The number of aromatic nitrogens is 5. The minimum atomic E-state index is -0.317. The Morgan fingerprint density at radius 3 is 2.51 bits per heavy atom. The van der Waals surface area contributed by atoms with Gasteiger partial charge in [-0.3, -0.25) is 9.69 Å². The largest absolute Gasteiger partial charge is 0.497 e. The molecule has 1 unspecified atom stereocenters. The molecule has 0 spiro atoms. The summed E-state index contributed by atoms with van der Waals surface area (Å²) < 4.78 is 7.31. The molecule has 192 valence electrons. The number of pyridine rings is 1. The molecule has 4 aromatic rings. The van der Waals surface area contributed by atoms with E-state index in [4.69, 9.17) is 4.74 Å². The number of nitrogens with one attached hydrogen (secondary N) is 1. The lowest BCUT2D eigenvalue weighted by atomic mass is 10.0. The van der Waals surface area contributed by atoms with Gasteiger partial charge in [0.25, 0.3) is 5.56 Å². The number of rotatable bonds is 6. The van der Waals surface area contributed by atoms with Gasteiger partial charge in [-0.25, -0.2) is 4.68 Å². The first-order valence-electron chi connectivity index (χ1n) is 13.2. The van der Waals surface area contributed by atoms with Gasteiger partial charge in [0, 0.05) is 37.4 Å². The van der Waals surface area contributed by atoms with Crippen LogP contribution in [-0.2, 0) is 0 Å². The van der Waals surface area contributed by atoms with Crippen molar-refractivity contribution in [1.29, 1.82) is 0 Å². The summed E-state index contributed by atoms with van der Waals surface area (Å²) >= 11 is 0. The van der Waals surface area contributed by atoms with E-state index in [9.17, 15) is 4.79 Å². The van der Waals surface area contributed by atoms with Crippen molar-refractivity contribution < 1.29 is 4.74 Å². The Morgan fingerprint density at radius 1 is 1.03 bits per heavy atom. The standard InChI is InChI=1S/C28H33N7O2/c1-19-6-5-7-20-18-24(28(36)29-25(19)20)26(27-30-31-32-35(27)22-8-3-4-9-22)34-16-14-33(15-17-34)21-10-12-23(37-2)13-11-21/h5-7,10-13,18,22,26H,3-4,8-9,14-17H2,1-2H3,(H,29,36). The van der Waals surface area contributed by atoms with Crippen LogP contribution in [0.1, 0.15) is 54.7 Å². The average molecular weight is 500 g/mol. The Bertz CT molecular complexity index is 1430. The number of methoxy groups -OCH3 is 1. The number of hydrogen-bond acceptors (Lipinski definition) is 7. The van der Waals surface area contributed by atoms with Crippen molar-refractivity contribution in [2.24, 2.45) is 0 Å². The first-order chi connectivity index (χ1) is 18.1. The number of fused-ring (bicyclic) bond motifs is 1. The number of benzene rings is 2. The smallest absolute Gasteiger partial charge is 0.253 e. The van der Waals surface area contributed by atoms with Crippen molar-refractivity contribution in [1.82, 2.24) is 30.1 Å². The third kappa shape index (κ3) is 4.48. The lowest BCUT2D eigenvalue weighted by Crippen LogP contribution is -2.49. The number of hydrogen-bond donors (Lipinski definition) is 1. The van der Waals surface area contributed by atoms with E-state index < -0.39 is 0 Å². The number of H-pyrrole nitrogens is 1. The Morgan fingerprint density at radius 2 is 1.78 bits per heavy atom. The van der Waals surface area contributed by atoms with Gasteiger partial charge in [0.15, 0.2) is 5.82 Å². The molecule has 1 aliphatic heterocycles. The van der Waals surface area contributed by atoms with E-state index in [0.29, 0.717) is 5.56 Å². The molecule has 9 heteroatoms. The average Bonchev–Trinajstić information content (AvgIpc) is 3.63. The number of para-hydroxylation sites is 1. The minimum absolute atomic E-state index is 0.0784. The highest BCUT2D eigenvalue weighted by atomic mass is 16.5. The Hall–Kier alpha value is -3.72. The van der Waals surface area contributed by atoms with Crippen LogP contribution < -0.4 is 15.2 Å². The summed E-state index contributed by atoms with van der Waals surface area (Å²) in [6.45, 7) is 5.30. The summed E-state index contributed by atoms with van der Waals surface area (Å²) in [5.41, 5.74) is 3.73. The van der Waals surface area contributed by atoms with Crippen molar-refractivity contribution in [3.05, 3.63) is 75.8 Å². The molecule has 1 aliphatic carbocycles. The fraction of sp³-hybridized carbons (Fsp3) is 0.429. The van der Waals surface area contributed by atoms with Gasteiger partial charge in [-0.15, -0.1) is 5.10 Å². The number of tetrazole rings is 1. The van der Waals surface area contributed by atoms with Gasteiger partial charge in [-0.05, 0) is 71.5 Å². The van der Waals surface area contributed by atoms with Crippen LogP contribution in [0.4, 0.5) is 5.69 Å². The van der Waals surface area contributed by atoms with Crippen LogP contribution in [0.25, 0.3) is 10.9 Å². The fourth-order valence-corrected chi connectivity index (χ4v) is 5.92. The van der Waals surface area contributed by atoms with Gasteiger partial charge in [-0.1, -0.05) is 31.0 Å². The zero-order chi connectivity index (χ0) is 25.4. The zero-order valence-corrected chi connectivity index (χ0v) is 21.4. The third-order valence-corrected chi connectivity index (χ3v) is 7.96. The lowest BCUT2D eigenvalue weighted by molar-refractivity contribution is 0.197. The lowest BCUT2D eigenvalue weighted by Gasteiger charge is -2.39. The van der Waals surface area contributed by atoms with Gasteiger partial charge in [0.05, 0.1) is 18.7 Å². The molecular weight excluding hydrogens is 466 g/mol. The number of aryl methyl sites for hydroxylation is 1. The molecule has 0 radical (unpaired) electrons. The van der Waals surface area contributed by atoms with Crippen LogP contribution in [0.15, 0.2) is 53.3 Å². The quantitative estimate of drug-likeness (QED) is 0.431. The normalized spacial score (nSPS) is 17.9. The highest BCUT2D eigenvalue weighted by Crippen LogP contribution is 2.34. The number of ether oxygens (including phenoxy) is 1. The summed E-state index contributed by atoms with van der Waals surface area (Å²) in [4.78, 5) is 21.5. The topological polar surface area (TPSA) is 92.2 Å². The first kappa shape index (κ1) is 23.7. The second kappa shape index (κ2) is 9.97. The second-order valence-corrected chi connectivity index (χ2v) is 10.1. The Labute approximate surface area is 216 Å². The summed E-state index contributed by atoms with van der Waals surface area (Å²) in [7, 11) is 1.68. The van der Waals surface area contributed by atoms with Crippen molar-refractivity contribution >= 4 is 16.6 Å². The highest BCUT2D eigenvalue weighted by Gasteiger charge is 2.34. The predicted molar refractivity (Wildman–Crippen MR) is 143 cm³/mol. The van der Waals surface area contributed by atoms with Crippen molar-refractivity contribution in [2.75, 3.05) is 38.2 Å². The van der Waals surface area contributed by atoms with E-state index in [1.807, 2.05) is 41.9 Å². The molecule has 2 fully saturated rings. The maximum Gasteiger partial charge on any atom is 0.253 e. The highest BCUT2D eigenvalue weighted by molar-refractivity contribution is 5.82. The molecule has 2 aliphatic rings. The first-order valence-corrected chi connectivity index (χ1v) is 13.2. The molecule has 3 heterocycles. The van der Waals surface area contributed by atoms with Crippen LogP contribution >= 0.6 is 0 Å². The van der Waals surface area contributed by atoms with E-state index in [-0.39, 0.29) is 17.6 Å². The second-order valence-electron chi connectivity index (χ2n) is 10.1. The van der Waals surface area contributed by atoms with E-state index in [2.05, 4.69) is 48.5 Å². The van der Waals surface area contributed by atoms with Crippen molar-refractivity contribution in [3.8, 4) is 5.75 Å². The summed E-state index contributed by atoms with van der Waals surface area (Å²) in [6, 6.07) is 16.3. The van der Waals surface area contributed by atoms with Gasteiger partial charge in [0.1, 0.15) is 11.8 Å². The van der Waals surface area contributed by atoms with E-state index in [0.717, 1.165) is 67.1 Å². The van der Waals surface area contributed by atoms with Crippen molar-refractivity contribution in [2.45, 2.75) is 44.7 Å². The molecule has 1 N–H and O–H groups in total. The number of piperazine rings is 1. The molecule has 1 atom stereocenters. The van der Waals surface area contributed by atoms with Crippen LogP contribution in [-0.4, -0.2) is 63.4 Å². The number of aromatic amines is 1. The fourth-order valence-electron chi connectivity index (χ4n) is 5.92. The van der Waals surface area contributed by atoms with E-state index >= 15 is 0 Å². The van der Waals surface area contributed by atoms with Gasteiger partial charge < -0.3 is 14.6 Å². The Kier molecular flexibility index (Phi) is 6.38. The van der Waals surface area contributed by atoms with E-state index in [1.165, 1.54) is 18.5 Å². The molecule has 37 heavy (non-hydrogen) atoms. The van der Waals surface area contributed by atoms with E-state index in [1.54, 1.807) is 7.11 Å². The summed E-state index contributed by atoms with van der Waals surface area (Å²) in [5, 5.41) is 14.1. The number of nitrogens with zero attached hydrogens (tertiary/aromatic N) is 6. The monoisotopic (exact) mass is 499 g/mol. The van der Waals surface area contributed by atoms with Gasteiger partial charge in [-0.2, -0.15) is 0 Å². The predicted octanol–water partition coefficient (Wildman–Crippen LogP) is 3.86. The van der Waals surface area contributed by atoms with Gasteiger partial charge in [0.2, 0.25) is 0 Å². The van der Waals surface area contributed by atoms with Crippen molar-refractivity contribution in [3.63, 3.8) is 0 Å². The maximum absolute atomic E-state index is 13.6. The Balaban J connectivity index is 1.36. The molecular formula is C28H33N7O2. The van der Waals surface area contributed by atoms with Crippen LogP contribution in [0.3, 0.4) is 0 Å². The summed E-state index contributed by atoms with van der Waals surface area (Å²) in [5.74, 6) is 1.62. The molecule has 0 bridgehead atoms. The molecule has 2 aromatic heterocycles. The zero-order valence-electron chi connectivity index (χ0n) is 21.4. The van der Waals surface area contributed by atoms with Crippen LogP contribution in [0.5, 0.6) is 5.75 Å². The molecule has 6 rings (SSSR count). The molecule has 9 nitrogen and oxygen atoms in total. The molecule has 0 amide bonds. The molecule has 1 saturated carbocycles.